The van der Waals surface area contributed by atoms with Crippen molar-refractivity contribution in [1.82, 2.24) is 0 Å². The summed E-state index contributed by atoms with van der Waals surface area (Å²) in [6.45, 7) is 9.89. The van der Waals surface area contributed by atoms with Crippen molar-refractivity contribution in [2.45, 2.75) is 118 Å². The van der Waals surface area contributed by atoms with E-state index < -0.39 is 23.9 Å². The maximum absolute atomic E-state index is 11.6. The molecule has 0 amide bonds. The van der Waals surface area contributed by atoms with Gasteiger partial charge in [0.15, 0.2) is 11.6 Å². The second-order valence-electron chi connectivity index (χ2n) is 10.5. The zero-order valence-corrected chi connectivity index (χ0v) is 35.2. The predicted molar refractivity (Wildman–Crippen MR) is 179 cm³/mol. The molecule has 0 fully saturated rings. The quantitative estimate of drug-likeness (QED) is 0.0795. The number of hydrogen-bond donors (Lipinski definition) is 4. The number of aliphatic carboxylic acids is 4. The third-order valence-corrected chi connectivity index (χ3v) is 6.04. The molecular weight excluding hydrogens is 778 g/mol. The first kappa shape index (κ1) is 55.5. The van der Waals surface area contributed by atoms with Crippen LogP contribution in [-0.4, -0.2) is 105 Å². The Morgan fingerprint density at radius 3 is 1.08 bits per heavy atom. The summed E-state index contributed by atoms with van der Waals surface area (Å²) in [6, 6.07) is 0. The van der Waals surface area contributed by atoms with Crippen LogP contribution < -0.4 is 0 Å². The Morgan fingerprint density at radius 2 is 0.771 bits per heavy atom. The summed E-state index contributed by atoms with van der Waals surface area (Å²) in [4.78, 5) is 80.0. The number of Topliss-reactive ketones (excluding diaryl/α,β-unsaturated/α-hetero) is 2. The minimum atomic E-state index is -0.878. The van der Waals surface area contributed by atoms with E-state index in [9.17, 15) is 28.8 Å². The number of carbonyl (C=O) groups excluding carboxylic acids is 2. The van der Waals surface area contributed by atoms with Gasteiger partial charge in [-0.05, 0) is 66.2 Å². The summed E-state index contributed by atoms with van der Waals surface area (Å²) in [5, 5.41) is 33.7. The first-order chi connectivity index (χ1) is 21.5. The second kappa shape index (κ2) is 37.9. The van der Waals surface area contributed by atoms with Gasteiger partial charge in [0.25, 0.3) is 0 Å². The molecule has 0 atom stereocenters. The van der Waals surface area contributed by atoms with E-state index >= 15 is 0 Å². The summed E-state index contributed by atoms with van der Waals surface area (Å²) in [5.74, 6) is -3.20. The summed E-state index contributed by atoms with van der Waals surface area (Å²) in [6.07, 6.45) is 5.59. The number of hydrogen-bond acceptors (Lipinski definition) is 10. The van der Waals surface area contributed by atoms with Gasteiger partial charge in [-0.1, -0.05) is 13.3 Å². The molecule has 0 heterocycles. The SMILES string of the molecule is CC(CCC(=O)O)=NCCCC(=O)CN=C(C)CCC(=O)O.CCCCC(=O)CN=C(C)CCC(=O)O.CN=C(C)CCC(=O)O.[Y].[Y]. The van der Waals surface area contributed by atoms with Crippen molar-refractivity contribution < 1.29 is 115 Å². The smallest absolute Gasteiger partial charge is 0.303 e. The van der Waals surface area contributed by atoms with Crippen LogP contribution in [0.3, 0.4) is 0 Å². The van der Waals surface area contributed by atoms with E-state index in [0.717, 1.165) is 30.0 Å². The number of aliphatic imine (C=N–C) groups is 4. The minimum Gasteiger partial charge on any atom is -0.481 e. The van der Waals surface area contributed by atoms with Crippen LogP contribution in [0.1, 0.15) is 118 Å². The molecule has 0 aromatic rings. The fourth-order valence-electron chi connectivity index (χ4n) is 3.02. The van der Waals surface area contributed by atoms with Gasteiger partial charge in [-0.3, -0.25) is 48.7 Å². The van der Waals surface area contributed by atoms with Crippen LogP contribution in [0.5, 0.6) is 0 Å². The molecule has 48 heavy (non-hydrogen) atoms. The van der Waals surface area contributed by atoms with Gasteiger partial charge in [0.1, 0.15) is 0 Å². The number of carboxylic acids is 4. The van der Waals surface area contributed by atoms with E-state index in [-0.39, 0.29) is 116 Å². The summed E-state index contributed by atoms with van der Waals surface area (Å²) >= 11 is 0. The van der Waals surface area contributed by atoms with Crippen molar-refractivity contribution in [1.29, 1.82) is 0 Å². The van der Waals surface area contributed by atoms with Crippen molar-refractivity contribution in [3.63, 3.8) is 0 Å². The van der Waals surface area contributed by atoms with Gasteiger partial charge in [0, 0.05) is 115 Å². The van der Waals surface area contributed by atoms with E-state index in [2.05, 4.69) is 20.0 Å². The molecule has 0 aliphatic carbocycles. The molecule has 0 saturated heterocycles. The van der Waals surface area contributed by atoms with Gasteiger partial charge in [-0.25, -0.2) is 0 Å². The number of ketones is 2. The molecule has 0 unspecified atom stereocenters. The Balaban J connectivity index is -0.000000206. The van der Waals surface area contributed by atoms with Crippen LogP contribution in [0.25, 0.3) is 0 Å². The third kappa shape index (κ3) is 48.5. The number of rotatable bonds is 23. The fourth-order valence-corrected chi connectivity index (χ4v) is 3.02. The van der Waals surface area contributed by atoms with Gasteiger partial charge in [-0.15, -0.1) is 0 Å². The molecular formula is C32H54N4O10Y2. The van der Waals surface area contributed by atoms with Crippen molar-refractivity contribution in [3.8, 4) is 0 Å². The average molecular weight is 833 g/mol. The van der Waals surface area contributed by atoms with Gasteiger partial charge in [0.05, 0.1) is 38.8 Å². The van der Waals surface area contributed by atoms with Crippen LogP contribution in [0.4, 0.5) is 0 Å². The Morgan fingerprint density at radius 1 is 0.458 bits per heavy atom. The molecule has 0 aromatic carbocycles. The Kier molecular flexibility index (Phi) is 43.9. The molecule has 16 heteroatoms. The standard InChI is InChI=1S/C15H24N2O5.C11H19NO3.C6H11NO2.2Y/c1-11(5-7-14(19)20)16-9-3-4-13(18)10-17-12(2)6-8-15(21)22;1-3-4-5-10(13)8-12-9(2)6-7-11(14)15;1-5(7-2)3-4-6(8)9;;/h3-10H2,1-2H3,(H,19,20)(H,21,22);3-8H2,1-2H3,(H,14,15);3-4H2,1-2H3,(H,8,9);;. The van der Waals surface area contributed by atoms with Crippen LogP contribution in [0, 0.1) is 0 Å². The molecule has 0 rings (SSSR count). The molecule has 2 radical (unpaired) electrons. The number of unbranched alkanes of at least 4 members (excludes halogenated alkanes) is 1. The molecule has 14 nitrogen and oxygen atoms in total. The Hall–Kier alpha value is -1.89. The molecule has 0 saturated carbocycles. The number of carboxylic acid groups (broad SMARTS) is 4. The molecule has 0 aliphatic heterocycles. The summed E-state index contributed by atoms with van der Waals surface area (Å²) in [5.41, 5.74) is 3.07. The molecule has 0 aromatic heterocycles. The van der Waals surface area contributed by atoms with Crippen molar-refractivity contribution in [3.05, 3.63) is 0 Å². The topological polar surface area (TPSA) is 233 Å². The summed E-state index contributed by atoms with van der Waals surface area (Å²) in [7, 11) is 1.66. The normalized spacial score (nSPS) is 11.4. The number of carbonyl (C=O) groups is 6. The van der Waals surface area contributed by atoms with Gasteiger partial charge in [-0.2, -0.15) is 0 Å². The van der Waals surface area contributed by atoms with E-state index in [0.29, 0.717) is 57.2 Å². The molecule has 268 valence electrons. The number of nitrogens with zero attached hydrogens (tertiary/aromatic N) is 4. The van der Waals surface area contributed by atoms with Crippen LogP contribution in [0.15, 0.2) is 20.0 Å². The van der Waals surface area contributed by atoms with Crippen LogP contribution in [0.2, 0.25) is 0 Å². The second-order valence-corrected chi connectivity index (χ2v) is 10.5. The maximum atomic E-state index is 11.6. The van der Waals surface area contributed by atoms with Gasteiger partial charge < -0.3 is 20.4 Å². The largest absolute Gasteiger partial charge is 0.481 e. The van der Waals surface area contributed by atoms with Gasteiger partial charge >= 0.3 is 23.9 Å². The van der Waals surface area contributed by atoms with Crippen molar-refractivity contribution in [2.24, 2.45) is 20.0 Å². The zero-order valence-electron chi connectivity index (χ0n) is 29.5. The summed E-state index contributed by atoms with van der Waals surface area (Å²) < 4.78 is 0. The molecule has 0 bridgehead atoms. The fraction of sp³-hybridized carbons (Fsp3) is 0.688. The Labute approximate surface area is 335 Å². The van der Waals surface area contributed by atoms with Gasteiger partial charge in [0.2, 0.25) is 0 Å². The predicted octanol–water partition coefficient (Wildman–Crippen LogP) is 5.00. The first-order valence-electron chi connectivity index (χ1n) is 15.4. The molecule has 4 N–H and O–H groups in total. The van der Waals surface area contributed by atoms with E-state index in [4.69, 9.17) is 20.4 Å². The van der Waals surface area contributed by atoms with Crippen LogP contribution in [-0.2, 0) is 94.2 Å². The molecule has 0 aliphatic rings. The van der Waals surface area contributed by atoms with Crippen molar-refractivity contribution in [2.75, 3.05) is 26.7 Å². The monoisotopic (exact) mass is 832 g/mol. The minimum absolute atomic E-state index is 0. The maximum Gasteiger partial charge on any atom is 0.303 e. The van der Waals surface area contributed by atoms with Crippen molar-refractivity contribution >= 4 is 58.3 Å². The average Bonchev–Trinajstić information content (AvgIpc) is 2.99. The zero-order chi connectivity index (χ0) is 35.9. The third-order valence-electron chi connectivity index (χ3n) is 6.04. The van der Waals surface area contributed by atoms with Crippen LogP contribution >= 0.6 is 0 Å². The van der Waals surface area contributed by atoms with E-state index in [1.807, 2.05) is 13.8 Å². The Bertz CT molecular complexity index is 1090. The van der Waals surface area contributed by atoms with E-state index in [1.165, 1.54) is 0 Å². The van der Waals surface area contributed by atoms with E-state index in [1.54, 1.807) is 27.8 Å². The first-order valence-corrected chi connectivity index (χ1v) is 15.4. The molecule has 0 spiro atoms.